The molecule has 0 bridgehead atoms. The Hall–Kier alpha value is -2.26. The first-order valence-electron chi connectivity index (χ1n) is 2.49. The number of hydrogen-bond acceptors (Lipinski definition) is 7. The molecular formula is C2HN5O5. The van der Waals surface area contributed by atoms with Gasteiger partial charge in [-0.15, -0.1) is 0 Å². The highest BCUT2D eigenvalue weighted by Gasteiger charge is 2.21. The van der Waals surface area contributed by atoms with E-state index in [0.29, 0.717) is 0 Å². The van der Waals surface area contributed by atoms with E-state index in [0.717, 1.165) is 0 Å². The fourth-order valence-electron chi connectivity index (χ4n) is 0.413. The van der Waals surface area contributed by atoms with Crippen LogP contribution in [0.4, 0.5) is 12.0 Å². The van der Waals surface area contributed by atoms with Gasteiger partial charge in [0.25, 0.3) is 0 Å². The van der Waals surface area contributed by atoms with Crippen LogP contribution in [0.3, 0.4) is 0 Å². The Bertz CT molecular complexity index is 317. The lowest BCUT2D eigenvalue weighted by molar-refractivity contribution is -0.447. The summed E-state index contributed by atoms with van der Waals surface area (Å²) >= 11 is 0. The smallest absolute Gasteiger partial charge is 0.390 e. The summed E-state index contributed by atoms with van der Waals surface area (Å²) in [6, 6.07) is -0.633. The number of aromatic nitrogens is 2. The molecule has 1 aromatic heterocycles. The predicted octanol–water partition coefficient (Wildman–Crippen LogP) is -0.419. The molecule has 0 aromatic carbocycles. The van der Waals surface area contributed by atoms with Crippen LogP contribution in [0.15, 0.2) is 4.52 Å². The number of hydrazine groups is 1. The van der Waals surface area contributed by atoms with Crippen molar-refractivity contribution in [2.24, 2.45) is 0 Å². The number of nitrogens with zero attached hydrogens (tertiary/aromatic N) is 4. The Morgan fingerprint density at radius 2 is 2.08 bits per heavy atom. The van der Waals surface area contributed by atoms with Gasteiger partial charge in [-0.25, -0.2) is 14.6 Å². The van der Waals surface area contributed by atoms with Crippen LogP contribution in [-0.2, 0) is 0 Å². The van der Waals surface area contributed by atoms with E-state index in [9.17, 15) is 20.2 Å². The van der Waals surface area contributed by atoms with E-state index in [-0.39, 0.29) is 0 Å². The molecule has 0 aliphatic carbocycles. The predicted molar refractivity (Wildman–Crippen MR) is 31.6 cm³/mol. The quantitative estimate of drug-likeness (QED) is 0.482. The second-order valence-electron chi connectivity index (χ2n) is 1.53. The molecule has 10 nitrogen and oxygen atoms in total. The number of anilines is 1. The lowest BCUT2D eigenvalue weighted by Gasteiger charge is -1.81. The zero-order valence-electron chi connectivity index (χ0n) is 5.33. The molecule has 0 saturated heterocycles. The van der Waals surface area contributed by atoms with Gasteiger partial charge >= 0.3 is 12.0 Å². The molecular weight excluding hydrogens is 174 g/mol. The summed E-state index contributed by atoms with van der Waals surface area (Å²) < 4.78 is 4.08. The average molecular weight is 175 g/mol. The van der Waals surface area contributed by atoms with Gasteiger partial charge in [-0.2, -0.15) is 0 Å². The molecule has 0 saturated carbocycles. The molecule has 0 spiro atoms. The fourth-order valence-corrected chi connectivity index (χ4v) is 0.413. The zero-order valence-corrected chi connectivity index (χ0v) is 5.33. The van der Waals surface area contributed by atoms with Crippen molar-refractivity contribution >= 4 is 12.0 Å². The maximum atomic E-state index is 9.92. The molecule has 0 aliphatic heterocycles. The zero-order chi connectivity index (χ0) is 9.14. The minimum atomic E-state index is -0.975. The molecule has 0 unspecified atom stereocenters. The third-order valence-corrected chi connectivity index (χ3v) is 0.766. The van der Waals surface area contributed by atoms with Gasteiger partial charge in [-0.05, 0) is 10.3 Å². The van der Waals surface area contributed by atoms with Crippen LogP contribution in [-0.4, -0.2) is 20.1 Å². The number of hydrogen-bond donors (Lipinski definition) is 1. The Balaban J connectivity index is 2.77. The highest BCUT2D eigenvalue weighted by Crippen LogP contribution is 2.08. The van der Waals surface area contributed by atoms with Crippen LogP contribution in [0, 0.1) is 20.2 Å². The van der Waals surface area contributed by atoms with Gasteiger partial charge in [0, 0.05) is 4.98 Å². The molecule has 10 heteroatoms. The van der Waals surface area contributed by atoms with E-state index in [1.807, 2.05) is 0 Å². The lowest BCUT2D eigenvalue weighted by atomic mass is 11.0. The van der Waals surface area contributed by atoms with Crippen LogP contribution in [0.25, 0.3) is 0 Å². The molecule has 1 heterocycles. The van der Waals surface area contributed by atoms with Gasteiger partial charge in [-0.1, -0.05) is 0 Å². The number of rotatable bonds is 3. The van der Waals surface area contributed by atoms with E-state index in [1.54, 1.807) is 0 Å². The monoisotopic (exact) mass is 175 g/mol. The summed E-state index contributed by atoms with van der Waals surface area (Å²) in [7, 11) is 0. The Morgan fingerprint density at radius 3 is 2.50 bits per heavy atom. The molecule has 12 heavy (non-hydrogen) atoms. The minimum absolute atomic E-state index is 0.633. The van der Waals surface area contributed by atoms with Crippen molar-refractivity contribution in [2.45, 2.75) is 0 Å². The Morgan fingerprint density at radius 1 is 1.42 bits per heavy atom. The largest absolute Gasteiger partial charge is 0.512 e. The molecule has 0 radical (unpaired) electrons. The van der Waals surface area contributed by atoms with Crippen LogP contribution in [0.5, 0.6) is 0 Å². The van der Waals surface area contributed by atoms with Gasteiger partial charge in [-0.3, -0.25) is 0 Å². The van der Waals surface area contributed by atoms with Crippen molar-refractivity contribution in [3.8, 4) is 0 Å². The van der Waals surface area contributed by atoms with Crippen molar-refractivity contribution in [1.82, 2.24) is 10.1 Å². The van der Waals surface area contributed by atoms with Gasteiger partial charge in [0.05, 0.1) is 0 Å². The van der Waals surface area contributed by atoms with E-state index < -0.39 is 21.9 Å². The second-order valence-corrected chi connectivity index (χ2v) is 1.53. The molecule has 1 rings (SSSR count). The van der Waals surface area contributed by atoms with E-state index >= 15 is 0 Å². The number of nitro groups is 2. The highest BCUT2D eigenvalue weighted by molar-refractivity contribution is 5.17. The summed E-state index contributed by atoms with van der Waals surface area (Å²) in [6.45, 7) is 0. The van der Waals surface area contributed by atoms with Gasteiger partial charge in [0.1, 0.15) is 5.16 Å². The second kappa shape index (κ2) is 2.77. The van der Waals surface area contributed by atoms with E-state index in [4.69, 9.17) is 0 Å². The summed E-state index contributed by atoms with van der Waals surface area (Å²) in [4.78, 5) is 21.8. The molecule has 64 valence electrons. The summed E-state index contributed by atoms with van der Waals surface area (Å²) in [5.74, 6) is -0.834. The summed E-state index contributed by atoms with van der Waals surface area (Å²) in [5.41, 5.74) is 1.46. The van der Waals surface area contributed by atoms with Crippen LogP contribution < -0.4 is 5.43 Å². The molecule has 0 aliphatic rings. The van der Waals surface area contributed by atoms with Gasteiger partial charge in [0.15, 0.2) is 5.03 Å². The highest BCUT2D eigenvalue weighted by atomic mass is 16.7. The summed E-state index contributed by atoms with van der Waals surface area (Å²) in [5, 5.41) is 21.5. The third kappa shape index (κ3) is 1.62. The van der Waals surface area contributed by atoms with E-state index in [1.165, 1.54) is 5.43 Å². The standard InChI is InChI=1S/C2HN5O5/c8-6(9)1-3-2(12-5-1)4-7(10)11/h(H,3,4,5). The molecule has 0 fully saturated rings. The van der Waals surface area contributed by atoms with Crippen molar-refractivity contribution in [2.75, 3.05) is 5.43 Å². The van der Waals surface area contributed by atoms with Crippen LogP contribution >= 0.6 is 0 Å². The first kappa shape index (κ1) is 7.84. The normalized spacial score (nSPS) is 9.33. The van der Waals surface area contributed by atoms with Gasteiger partial charge in [0.2, 0.25) is 0 Å². The van der Waals surface area contributed by atoms with Crippen molar-refractivity contribution in [3.05, 3.63) is 20.2 Å². The van der Waals surface area contributed by atoms with Crippen LogP contribution in [0.1, 0.15) is 0 Å². The summed E-state index contributed by atoms with van der Waals surface area (Å²) in [6.07, 6.45) is 0. The fraction of sp³-hybridized carbons (Fsp3) is 0. The van der Waals surface area contributed by atoms with Crippen molar-refractivity contribution in [3.63, 3.8) is 0 Å². The van der Waals surface area contributed by atoms with Crippen molar-refractivity contribution in [1.29, 1.82) is 0 Å². The maximum Gasteiger partial charge on any atom is 0.512 e. The SMILES string of the molecule is O=[N+]([O-])Nc1nc([N+](=O)[O-])no1. The van der Waals surface area contributed by atoms with Crippen LogP contribution in [0.2, 0.25) is 0 Å². The average Bonchev–Trinajstić information content (AvgIpc) is 2.34. The number of nitrogens with one attached hydrogen (secondary N) is 1. The molecule has 0 atom stereocenters. The maximum absolute atomic E-state index is 9.92. The lowest BCUT2D eigenvalue weighted by Crippen LogP contribution is -2.07. The molecule has 1 aromatic rings. The first-order valence-corrected chi connectivity index (χ1v) is 2.49. The first-order chi connectivity index (χ1) is 5.59. The Kier molecular flexibility index (Phi) is 1.81. The molecule has 1 N–H and O–H groups in total. The Labute approximate surface area is 63.4 Å². The third-order valence-electron chi connectivity index (χ3n) is 0.766. The molecule has 0 amide bonds. The van der Waals surface area contributed by atoms with Crippen molar-refractivity contribution < 1.29 is 14.5 Å². The topological polar surface area (TPSA) is 137 Å². The van der Waals surface area contributed by atoms with Gasteiger partial charge < -0.3 is 10.1 Å². The minimum Gasteiger partial charge on any atom is -0.390 e. The van der Waals surface area contributed by atoms with E-state index in [2.05, 4.69) is 14.7 Å².